The molecule has 1 N–H and O–H groups in total. The van der Waals surface area contributed by atoms with E-state index in [4.69, 9.17) is 11.6 Å². The molecule has 0 radical (unpaired) electrons. The topological polar surface area (TPSA) is 54.4 Å². The second-order valence-corrected chi connectivity index (χ2v) is 5.68. The van der Waals surface area contributed by atoms with Gasteiger partial charge in [-0.25, -0.2) is 8.42 Å². The minimum absolute atomic E-state index is 0.00519. The highest BCUT2D eigenvalue weighted by atomic mass is 35.5. The summed E-state index contributed by atoms with van der Waals surface area (Å²) in [5, 5.41) is 9.55. The summed E-state index contributed by atoms with van der Waals surface area (Å²) >= 11 is 5.83. The Morgan fingerprint density at radius 1 is 1.40 bits per heavy atom. The summed E-state index contributed by atoms with van der Waals surface area (Å²) in [6.07, 6.45) is 0.444. The zero-order chi connectivity index (χ0) is 11.2. The Labute approximate surface area is 92.9 Å². The molecule has 1 aliphatic heterocycles. The van der Waals surface area contributed by atoms with Crippen molar-refractivity contribution in [1.82, 2.24) is 0 Å². The maximum Gasteiger partial charge on any atom is 0.207 e. The number of fused-ring (bicyclic) bond motifs is 1. The zero-order valence-electron chi connectivity index (χ0n) is 7.94. The summed E-state index contributed by atoms with van der Waals surface area (Å²) < 4.78 is 23.9. The van der Waals surface area contributed by atoms with E-state index < -0.39 is 15.9 Å². The molecule has 1 heterocycles. The van der Waals surface area contributed by atoms with Crippen LogP contribution >= 0.6 is 11.6 Å². The molecule has 2 rings (SSSR count). The lowest BCUT2D eigenvalue weighted by atomic mass is 10.2. The van der Waals surface area contributed by atoms with Crippen LogP contribution < -0.4 is 0 Å². The van der Waals surface area contributed by atoms with Crippen molar-refractivity contribution >= 4 is 27.5 Å². The van der Waals surface area contributed by atoms with E-state index in [0.717, 1.165) is 0 Å². The van der Waals surface area contributed by atoms with Crippen LogP contribution in [0.2, 0.25) is 5.02 Å². The first-order valence-corrected chi connectivity index (χ1v) is 6.24. The first-order valence-electron chi connectivity index (χ1n) is 4.38. The van der Waals surface area contributed by atoms with Gasteiger partial charge in [-0.2, -0.15) is 0 Å². The molecule has 1 unspecified atom stereocenters. The molecule has 1 aromatic rings. The first kappa shape index (κ1) is 10.7. The van der Waals surface area contributed by atoms with Crippen LogP contribution in [0.4, 0.5) is 0 Å². The van der Waals surface area contributed by atoms with Crippen molar-refractivity contribution in [3.8, 4) is 0 Å². The Balaban J connectivity index is 2.75. The molecular formula is C10H9ClO3S. The largest absolute Gasteiger partial charge is 0.388 e. The Morgan fingerprint density at radius 2 is 2.07 bits per heavy atom. The van der Waals surface area contributed by atoms with E-state index in [1.807, 2.05) is 0 Å². The average molecular weight is 245 g/mol. The van der Waals surface area contributed by atoms with Crippen molar-refractivity contribution in [2.24, 2.45) is 0 Å². The molecule has 0 amide bonds. The SMILES string of the molecule is CC(O)C1=Cc2cccc(Cl)c2S1(=O)=O. The van der Waals surface area contributed by atoms with E-state index >= 15 is 0 Å². The van der Waals surface area contributed by atoms with Crippen molar-refractivity contribution in [1.29, 1.82) is 0 Å². The molecule has 0 saturated carbocycles. The van der Waals surface area contributed by atoms with Crippen LogP contribution in [0, 0.1) is 0 Å². The van der Waals surface area contributed by atoms with Crippen LogP contribution in [0.25, 0.3) is 6.08 Å². The van der Waals surface area contributed by atoms with Gasteiger partial charge in [-0.3, -0.25) is 0 Å². The van der Waals surface area contributed by atoms with Gasteiger partial charge < -0.3 is 5.11 Å². The van der Waals surface area contributed by atoms with E-state index in [1.165, 1.54) is 19.1 Å². The molecule has 3 nitrogen and oxygen atoms in total. The number of hydrogen-bond donors (Lipinski definition) is 1. The predicted octanol–water partition coefficient (Wildman–Crippen LogP) is 1.85. The molecule has 1 aromatic carbocycles. The highest BCUT2D eigenvalue weighted by molar-refractivity contribution is 7.96. The third-order valence-corrected chi connectivity index (χ3v) is 4.79. The molecule has 0 saturated heterocycles. The molecule has 0 spiro atoms. The van der Waals surface area contributed by atoms with Crippen LogP contribution in [0.3, 0.4) is 0 Å². The van der Waals surface area contributed by atoms with Crippen molar-refractivity contribution < 1.29 is 13.5 Å². The van der Waals surface area contributed by atoms with Crippen LogP contribution in [0.1, 0.15) is 12.5 Å². The van der Waals surface area contributed by atoms with E-state index in [9.17, 15) is 13.5 Å². The lowest BCUT2D eigenvalue weighted by molar-refractivity contribution is 0.240. The third-order valence-electron chi connectivity index (χ3n) is 2.29. The number of hydrogen-bond acceptors (Lipinski definition) is 3. The Kier molecular flexibility index (Phi) is 2.37. The van der Waals surface area contributed by atoms with Crippen molar-refractivity contribution in [3.63, 3.8) is 0 Å². The zero-order valence-corrected chi connectivity index (χ0v) is 9.51. The van der Waals surface area contributed by atoms with Gasteiger partial charge in [0.05, 0.1) is 20.9 Å². The number of rotatable bonds is 1. The molecule has 0 fully saturated rings. The number of aliphatic hydroxyl groups is 1. The molecule has 80 valence electrons. The average Bonchev–Trinajstić information content (AvgIpc) is 2.39. The van der Waals surface area contributed by atoms with Gasteiger partial charge in [0.15, 0.2) is 0 Å². The minimum atomic E-state index is -3.60. The Morgan fingerprint density at radius 3 is 2.60 bits per heavy atom. The lowest BCUT2D eigenvalue weighted by Crippen LogP contribution is -2.12. The van der Waals surface area contributed by atoms with Crippen molar-refractivity contribution in [3.05, 3.63) is 33.7 Å². The molecule has 1 aliphatic rings. The van der Waals surface area contributed by atoms with Crippen LogP contribution in [0.5, 0.6) is 0 Å². The van der Waals surface area contributed by atoms with Gasteiger partial charge >= 0.3 is 0 Å². The Hall–Kier alpha value is -0.840. The first-order chi connectivity index (χ1) is 6.94. The standard InChI is InChI=1S/C10H9ClO3S/c1-6(12)9-5-7-3-2-4-8(11)10(7)15(9,13)14/h2-6,12H,1H3. The monoisotopic (exact) mass is 244 g/mol. The van der Waals surface area contributed by atoms with Gasteiger partial charge in [-0.15, -0.1) is 0 Å². The molecule has 1 atom stereocenters. The summed E-state index contributed by atoms with van der Waals surface area (Å²) in [7, 11) is -3.60. The van der Waals surface area contributed by atoms with Gasteiger partial charge in [-0.05, 0) is 24.6 Å². The maximum absolute atomic E-state index is 11.9. The fourth-order valence-corrected chi connectivity index (χ4v) is 3.83. The smallest absolute Gasteiger partial charge is 0.207 e. The van der Waals surface area contributed by atoms with Gasteiger partial charge in [0.1, 0.15) is 0 Å². The summed E-state index contributed by atoms with van der Waals surface area (Å²) in [6, 6.07) is 4.86. The molecule has 5 heteroatoms. The van der Waals surface area contributed by atoms with Gasteiger partial charge in [-0.1, -0.05) is 23.7 Å². The lowest BCUT2D eigenvalue weighted by Gasteiger charge is -2.06. The molecule has 0 aromatic heterocycles. The number of benzene rings is 1. The molecule has 15 heavy (non-hydrogen) atoms. The maximum atomic E-state index is 11.9. The quantitative estimate of drug-likeness (QED) is 0.820. The van der Waals surface area contributed by atoms with E-state index in [2.05, 4.69) is 0 Å². The molecule has 0 bridgehead atoms. The van der Waals surface area contributed by atoms with Gasteiger partial charge in [0.2, 0.25) is 9.84 Å². The van der Waals surface area contributed by atoms with Crippen molar-refractivity contribution in [2.75, 3.05) is 0 Å². The van der Waals surface area contributed by atoms with Crippen LogP contribution in [-0.4, -0.2) is 19.6 Å². The van der Waals surface area contributed by atoms with Crippen LogP contribution in [0.15, 0.2) is 28.0 Å². The number of halogens is 1. The van der Waals surface area contributed by atoms with E-state index in [-0.39, 0.29) is 14.8 Å². The molecular weight excluding hydrogens is 236 g/mol. The number of aliphatic hydroxyl groups excluding tert-OH is 1. The highest BCUT2D eigenvalue weighted by Crippen LogP contribution is 2.38. The molecule has 0 aliphatic carbocycles. The van der Waals surface area contributed by atoms with Crippen molar-refractivity contribution in [2.45, 2.75) is 17.9 Å². The second-order valence-electron chi connectivity index (χ2n) is 3.38. The van der Waals surface area contributed by atoms with E-state index in [1.54, 1.807) is 12.1 Å². The normalized spacial score (nSPS) is 19.5. The van der Waals surface area contributed by atoms with Gasteiger partial charge in [0.25, 0.3) is 0 Å². The summed E-state index contributed by atoms with van der Waals surface area (Å²) in [5.41, 5.74) is 0.540. The second kappa shape index (κ2) is 3.33. The summed E-state index contributed by atoms with van der Waals surface area (Å²) in [5.74, 6) is 0. The fraction of sp³-hybridized carbons (Fsp3) is 0.200. The highest BCUT2D eigenvalue weighted by Gasteiger charge is 2.33. The fourth-order valence-electron chi connectivity index (χ4n) is 1.62. The summed E-state index contributed by atoms with van der Waals surface area (Å²) in [6.45, 7) is 1.42. The Bertz CT molecular complexity index is 544. The third kappa shape index (κ3) is 1.49. The van der Waals surface area contributed by atoms with E-state index in [0.29, 0.717) is 5.56 Å². The van der Waals surface area contributed by atoms with Crippen LogP contribution in [-0.2, 0) is 9.84 Å². The summed E-state index contributed by atoms with van der Waals surface area (Å²) in [4.78, 5) is 0.105. The van der Waals surface area contributed by atoms with Gasteiger partial charge in [0, 0.05) is 0 Å². The number of sulfone groups is 1. The minimum Gasteiger partial charge on any atom is -0.388 e. The predicted molar refractivity (Wildman–Crippen MR) is 58.3 cm³/mol.